The predicted molar refractivity (Wildman–Crippen MR) is 234 cm³/mol. The average molecular weight is 744 g/mol. The lowest BCUT2D eigenvalue weighted by Crippen LogP contribution is -2.32. The molecule has 1 spiro atoms. The first-order valence-electron chi connectivity index (χ1n) is 19.8. The molecule has 274 valence electrons. The van der Waals surface area contributed by atoms with Crippen molar-refractivity contribution in [3.63, 3.8) is 0 Å². The molecule has 0 unspecified atom stereocenters. The van der Waals surface area contributed by atoms with Gasteiger partial charge in [0.1, 0.15) is 11.5 Å². The normalized spacial score (nSPS) is 12.9. The second kappa shape index (κ2) is 13.4. The first-order valence-corrected chi connectivity index (χ1v) is 19.8. The number of aromatic nitrogens is 3. The maximum atomic E-state index is 6.67. The van der Waals surface area contributed by atoms with E-state index in [1.165, 1.54) is 50.1 Å². The Hall–Kier alpha value is -7.43. The minimum absolute atomic E-state index is 0.636. The average Bonchev–Trinajstić information content (AvgIpc) is 3.57. The highest BCUT2D eigenvalue weighted by atomic mass is 16.5. The van der Waals surface area contributed by atoms with Gasteiger partial charge in [-0.05, 0) is 94.3 Å². The van der Waals surface area contributed by atoms with Gasteiger partial charge >= 0.3 is 0 Å². The van der Waals surface area contributed by atoms with Crippen LogP contribution in [-0.4, -0.2) is 15.0 Å². The quantitative estimate of drug-likeness (QED) is 0.176. The minimum atomic E-state index is -0.636. The van der Waals surface area contributed by atoms with Gasteiger partial charge in [0, 0.05) is 45.4 Å². The zero-order valence-electron chi connectivity index (χ0n) is 32.1. The molecule has 0 atom stereocenters. The van der Waals surface area contributed by atoms with Crippen molar-refractivity contribution in [1.29, 1.82) is 0 Å². The number of para-hydroxylation sites is 2. The molecule has 2 aliphatic rings. The molecular formula is C54H37N3O. The summed E-state index contributed by atoms with van der Waals surface area (Å²) >= 11 is 0. The number of rotatable bonds is 5. The number of aryl methyl sites for hydroxylation is 2. The standard InChI is InChI=1S/C54H37N3O/c1-34-32-49(40-12-4-3-5-13-40)57-53(56-34)41-29-30-44-48(33-41)54(45-16-6-8-19-50(45)58-51-20-9-7-17-46(51)54)47-18-10-14-43(52(44)47)39-27-23-37(24-28-39)36-21-25-38(26-22-36)42-15-11-31-55-35(42)2/h3-33H,1-2H3. The van der Waals surface area contributed by atoms with E-state index >= 15 is 0 Å². The molecule has 2 aromatic heterocycles. The fraction of sp³-hybridized carbons (Fsp3) is 0.0556. The van der Waals surface area contributed by atoms with Gasteiger partial charge < -0.3 is 4.74 Å². The van der Waals surface area contributed by atoms with Crippen molar-refractivity contribution in [3.05, 3.63) is 222 Å². The third kappa shape index (κ3) is 5.26. The number of benzene rings is 7. The largest absolute Gasteiger partial charge is 0.457 e. The Morgan fingerprint density at radius 3 is 1.69 bits per heavy atom. The van der Waals surface area contributed by atoms with Crippen molar-refractivity contribution >= 4 is 0 Å². The molecule has 4 nitrogen and oxygen atoms in total. The Kier molecular flexibility index (Phi) is 7.80. The summed E-state index contributed by atoms with van der Waals surface area (Å²) in [5.74, 6) is 2.44. The Morgan fingerprint density at radius 2 is 1.00 bits per heavy atom. The molecular weight excluding hydrogens is 707 g/mol. The summed E-state index contributed by atoms with van der Waals surface area (Å²) in [6.45, 7) is 4.10. The SMILES string of the molecule is Cc1cc(-c2ccccc2)nc(-c2ccc3c(c2)C2(c4ccccc4Oc4ccccc42)c2cccc(-c4ccc(-c5ccc(-c6cccnc6C)cc5)cc4)c2-3)n1. The van der Waals surface area contributed by atoms with Crippen molar-refractivity contribution in [2.45, 2.75) is 19.3 Å². The van der Waals surface area contributed by atoms with Crippen LogP contribution in [0.1, 0.15) is 33.6 Å². The number of fused-ring (bicyclic) bond motifs is 9. The summed E-state index contributed by atoms with van der Waals surface area (Å²) < 4.78 is 6.67. The summed E-state index contributed by atoms with van der Waals surface area (Å²) in [4.78, 5) is 14.7. The van der Waals surface area contributed by atoms with Gasteiger partial charge in [0.25, 0.3) is 0 Å². The zero-order chi connectivity index (χ0) is 38.8. The smallest absolute Gasteiger partial charge is 0.160 e. The van der Waals surface area contributed by atoms with Gasteiger partial charge in [0.05, 0.1) is 11.1 Å². The van der Waals surface area contributed by atoms with Gasteiger partial charge in [0.15, 0.2) is 5.82 Å². The van der Waals surface area contributed by atoms with Crippen molar-refractivity contribution in [1.82, 2.24) is 15.0 Å². The van der Waals surface area contributed by atoms with E-state index in [1.807, 2.05) is 25.3 Å². The highest BCUT2D eigenvalue weighted by Gasteiger charge is 2.51. The van der Waals surface area contributed by atoms with Crippen LogP contribution in [0.25, 0.3) is 67.2 Å². The Bertz CT molecular complexity index is 3000. The summed E-state index contributed by atoms with van der Waals surface area (Å²) in [5.41, 5.74) is 18.4. The second-order valence-electron chi connectivity index (χ2n) is 15.2. The number of pyridine rings is 1. The maximum Gasteiger partial charge on any atom is 0.160 e. The lowest BCUT2D eigenvalue weighted by molar-refractivity contribution is 0.436. The van der Waals surface area contributed by atoms with Gasteiger partial charge in [-0.3, -0.25) is 4.98 Å². The fourth-order valence-corrected chi connectivity index (χ4v) is 9.26. The van der Waals surface area contributed by atoms with Crippen LogP contribution in [0.3, 0.4) is 0 Å². The first-order chi connectivity index (χ1) is 28.6. The maximum absolute atomic E-state index is 6.67. The molecule has 0 radical (unpaired) electrons. The molecule has 0 saturated heterocycles. The van der Waals surface area contributed by atoms with Crippen molar-refractivity contribution in [2.75, 3.05) is 0 Å². The third-order valence-corrected chi connectivity index (χ3v) is 11.9. The highest BCUT2D eigenvalue weighted by molar-refractivity contribution is 5.97. The molecule has 0 N–H and O–H groups in total. The van der Waals surface area contributed by atoms with Crippen molar-refractivity contribution < 1.29 is 4.74 Å². The van der Waals surface area contributed by atoms with E-state index in [2.05, 4.69) is 182 Å². The Balaban J connectivity index is 1.09. The lowest BCUT2D eigenvalue weighted by Gasteiger charge is -2.39. The number of ether oxygens (including phenoxy) is 1. The molecule has 11 rings (SSSR count). The van der Waals surface area contributed by atoms with E-state index in [-0.39, 0.29) is 0 Å². The van der Waals surface area contributed by atoms with Gasteiger partial charge in [0.2, 0.25) is 0 Å². The molecule has 58 heavy (non-hydrogen) atoms. The van der Waals surface area contributed by atoms with E-state index in [4.69, 9.17) is 14.7 Å². The Labute approximate surface area is 338 Å². The molecule has 1 aliphatic heterocycles. The zero-order valence-corrected chi connectivity index (χ0v) is 32.1. The molecule has 0 saturated carbocycles. The number of hydrogen-bond donors (Lipinski definition) is 0. The summed E-state index contributed by atoms with van der Waals surface area (Å²) in [6.07, 6.45) is 1.84. The minimum Gasteiger partial charge on any atom is -0.457 e. The molecule has 0 bridgehead atoms. The van der Waals surface area contributed by atoms with Crippen LogP contribution in [-0.2, 0) is 5.41 Å². The van der Waals surface area contributed by atoms with Crippen LogP contribution in [0.4, 0.5) is 0 Å². The molecule has 9 aromatic rings. The van der Waals surface area contributed by atoms with Gasteiger partial charge in [-0.25, -0.2) is 9.97 Å². The molecule has 0 amide bonds. The molecule has 4 heteroatoms. The molecule has 0 fully saturated rings. The number of hydrogen-bond acceptors (Lipinski definition) is 4. The summed E-state index contributed by atoms with van der Waals surface area (Å²) in [6, 6.07) is 65.0. The van der Waals surface area contributed by atoms with Gasteiger partial charge in [-0.15, -0.1) is 0 Å². The van der Waals surface area contributed by atoms with Crippen LogP contribution in [0.5, 0.6) is 11.5 Å². The van der Waals surface area contributed by atoms with Crippen LogP contribution < -0.4 is 4.74 Å². The monoisotopic (exact) mass is 743 g/mol. The van der Waals surface area contributed by atoms with Crippen LogP contribution >= 0.6 is 0 Å². The summed E-state index contributed by atoms with van der Waals surface area (Å²) in [5, 5.41) is 0. The van der Waals surface area contributed by atoms with Gasteiger partial charge in [-0.2, -0.15) is 0 Å². The second-order valence-corrected chi connectivity index (χ2v) is 15.2. The van der Waals surface area contributed by atoms with E-state index in [9.17, 15) is 0 Å². The van der Waals surface area contributed by atoms with E-state index in [0.717, 1.165) is 56.4 Å². The van der Waals surface area contributed by atoms with Crippen LogP contribution in [0, 0.1) is 13.8 Å². The third-order valence-electron chi connectivity index (χ3n) is 11.9. The molecule has 7 aromatic carbocycles. The van der Waals surface area contributed by atoms with Crippen LogP contribution in [0.2, 0.25) is 0 Å². The first kappa shape index (κ1) is 33.9. The van der Waals surface area contributed by atoms with Crippen LogP contribution in [0.15, 0.2) is 188 Å². The molecule has 3 heterocycles. The fourth-order valence-electron chi connectivity index (χ4n) is 9.26. The number of nitrogens with zero attached hydrogens (tertiary/aromatic N) is 3. The van der Waals surface area contributed by atoms with E-state index in [1.54, 1.807) is 0 Å². The lowest BCUT2D eigenvalue weighted by atomic mass is 9.66. The van der Waals surface area contributed by atoms with Gasteiger partial charge in [-0.1, -0.05) is 152 Å². The Morgan fingerprint density at radius 1 is 0.414 bits per heavy atom. The van der Waals surface area contributed by atoms with Crippen molar-refractivity contribution in [2.24, 2.45) is 0 Å². The van der Waals surface area contributed by atoms with E-state index in [0.29, 0.717) is 5.82 Å². The van der Waals surface area contributed by atoms with Crippen molar-refractivity contribution in [3.8, 4) is 78.7 Å². The predicted octanol–water partition coefficient (Wildman–Crippen LogP) is 13.3. The highest BCUT2D eigenvalue weighted by Crippen LogP contribution is 2.63. The topological polar surface area (TPSA) is 47.9 Å². The molecule has 1 aliphatic carbocycles. The summed E-state index contributed by atoms with van der Waals surface area (Å²) in [7, 11) is 0. The van der Waals surface area contributed by atoms with E-state index < -0.39 is 5.41 Å².